The Balaban J connectivity index is 2.32. The molecule has 2 N–H and O–H groups in total. The average Bonchev–Trinajstić information content (AvgIpc) is 2.78. The van der Waals surface area contributed by atoms with Gasteiger partial charge in [0.05, 0.1) is 13.3 Å². The number of nitrogens with one attached hydrogen (secondary N) is 1. The smallest absolute Gasteiger partial charge is 0.216 e. The van der Waals surface area contributed by atoms with Gasteiger partial charge in [-0.25, -0.2) is 0 Å². The summed E-state index contributed by atoms with van der Waals surface area (Å²) in [5, 5.41) is 20.5. The first-order valence-corrected chi connectivity index (χ1v) is 6.14. The lowest BCUT2D eigenvalue weighted by Crippen LogP contribution is -1.97. The van der Waals surface area contributed by atoms with Gasteiger partial charge in [0.2, 0.25) is 4.77 Å². The van der Waals surface area contributed by atoms with E-state index in [1.807, 2.05) is 6.92 Å². The lowest BCUT2D eigenvalue weighted by molar-refractivity contribution is 0.373. The van der Waals surface area contributed by atoms with Crippen molar-refractivity contribution in [3.05, 3.63) is 34.4 Å². The SMILES string of the molecule is CCc1n[nH]c(=S)n1/N=C\c1ccc(O)c(OC)c1. The Morgan fingerprint density at radius 3 is 3.05 bits per heavy atom. The normalized spacial score (nSPS) is 11.1. The molecule has 0 radical (unpaired) electrons. The standard InChI is InChI=1S/C12H14N4O2S/c1-3-11-14-15-12(19)16(11)13-7-8-4-5-9(17)10(6-8)18-2/h4-7,17H,3H2,1-2H3,(H,15,19)/b13-7-. The van der Waals surface area contributed by atoms with E-state index in [1.54, 1.807) is 29.1 Å². The molecule has 0 bridgehead atoms. The zero-order valence-corrected chi connectivity index (χ0v) is 11.4. The van der Waals surface area contributed by atoms with E-state index in [-0.39, 0.29) is 5.75 Å². The number of phenols is 1. The molecule has 0 aliphatic carbocycles. The summed E-state index contributed by atoms with van der Waals surface area (Å²) in [7, 11) is 1.50. The first-order chi connectivity index (χ1) is 9.15. The van der Waals surface area contributed by atoms with Gasteiger partial charge in [-0.05, 0) is 36.0 Å². The van der Waals surface area contributed by atoms with E-state index in [0.29, 0.717) is 10.5 Å². The lowest BCUT2D eigenvalue weighted by Gasteiger charge is -2.03. The van der Waals surface area contributed by atoms with Crippen LogP contribution < -0.4 is 4.74 Å². The van der Waals surface area contributed by atoms with Crippen molar-refractivity contribution in [2.24, 2.45) is 5.10 Å². The number of H-pyrrole nitrogens is 1. The Morgan fingerprint density at radius 2 is 2.37 bits per heavy atom. The average molecular weight is 278 g/mol. The molecule has 2 rings (SSSR count). The molecule has 2 aromatic rings. The molecule has 0 fully saturated rings. The topological polar surface area (TPSA) is 75.4 Å². The Morgan fingerprint density at radius 1 is 1.58 bits per heavy atom. The van der Waals surface area contributed by atoms with Crippen LogP contribution in [0.5, 0.6) is 11.5 Å². The van der Waals surface area contributed by atoms with E-state index >= 15 is 0 Å². The molecule has 0 amide bonds. The first-order valence-electron chi connectivity index (χ1n) is 5.73. The van der Waals surface area contributed by atoms with Crippen LogP contribution in [0.25, 0.3) is 0 Å². The highest BCUT2D eigenvalue weighted by Crippen LogP contribution is 2.25. The lowest BCUT2D eigenvalue weighted by atomic mass is 10.2. The molecule has 7 heteroatoms. The minimum absolute atomic E-state index is 0.0915. The number of hydrogen-bond donors (Lipinski definition) is 2. The number of aromatic amines is 1. The molecule has 1 heterocycles. The Bertz CT molecular complexity index is 660. The predicted molar refractivity (Wildman–Crippen MR) is 74.4 cm³/mol. The van der Waals surface area contributed by atoms with E-state index in [2.05, 4.69) is 15.3 Å². The summed E-state index contributed by atoms with van der Waals surface area (Å²) in [5.74, 6) is 1.25. The van der Waals surface area contributed by atoms with Crippen molar-refractivity contribution in [2.75, 3.05) is 7.11 Å². The van der Waals surface area contributed by atoms with E-state index < -0.39 is 0 Å². The number of nitrogens with zero attached hydrogens (tertiary/aromatic N) is 3. The number of methoxy groups -OCH3 is 1. The summed E-state index contributed by atoms with van der Waals surface area (Å²) in [5.41, 5.74) is 0.791. The van der Waals surface area contributed by atoms with Crippen molar-refractivity contribution in [1.29, 1.82) is 0 Å². The highest BCUT2D eigenvalue weighted by molar-refractivity contribution is 7.71. The second-order valence-electron chi connectivity index (χ2n) is 3.79. The Labute approximate surface area is 115 Å². The number of phenolic OH excluding ortho intramolecular Hbond substituents is 1. The van der Waals surface area contributed by atoms with Crippen LogP contribution in [0.15, 0.2) is 23.3 Å². The van der Waals surface area contributed by atoms with Gasteiger partial charge in [-0.15, -0.1) is 0 Å². The number of rotatable bonds is 4. The van der Waals surface area contributed by atoms with E-state index in [0.717, 1.165) is 17.8 Å². The highest BCUT2D eigenvalue weighted by atomic mass is 32.1. The zero-order valence-electron chi connectivity index (χ0n) is 10.6. The fourth-order valence-corrected chi connectivity index (χ4v) is 1.77. The van der Waals surface area contributed by atoms with Crippen LogP contribution in [0, 0.1) is 4.77 Å². The summed E-state index contributed by atoms with van der Waals surface area (Å²) in [6.07, 6.45) is 2.36. The van der Waals surface area contributed by atoms with Gasteiger partial charge in [0, 0.05) is 6.42 Å². The molecule has 19 heavy (non-hydrogen) atoms. The zero-order chi connectivity index (χ0) is 13.8. The molecule has 1 aromatic heterocycles. The summed E-state index contributed by atoms with van der Waals surface area (Å²) >= 11 is 5.09. The van der Waals surface area contributed by atoms with Gasteiger partial charge in [-0.3, -0.25) is 5.10 Å². The van der Waals surface area contributed by atoms with Crippen LogP contribution >= 0.6 is 12.2 Å². The molecule has 0 saturated carbocycles. The summed E-state index contributed by atoms with van der Waals surface area (Å²) in [4.78, 5) is 0. The van der Waals surface area contributed by atoms with Crippen molar-refractivity contribution >= 4 is 18.4 Å². The van der Waals surface area contributed by atoms with Gasteiger partial charge < -0.3 is 9.84 Å². The third kappa shape index (κ3) is 2.82. The summed E-state index contributed by atoms with van der Waals surface area (Å²) in [6.45, 7) is 1.97. The van der Waals surface area contributed by atoms with Crippen LogP contribution in [-0.4, -0.2) is 33.3 Å². The van der Waals surface area contributed by atoms with Gasteiger partial charge in [0.15, 0.2) is 17.3 Å². The van der Waals surface area contributed by atoms with E-state index in [4.69, 9.17) is 17.0 Å². The maximum absolute atomic E-state index is 9.51. The minimum Gasteiger partial charge on any atom is -0.504 e. The van der Waals surface area contributed by atoms with Crippen molar-refractivity contribution < 1.29 is 9.84 Å². The molecule has 0 spiro atoms. The Kier molecular flexibility index (Phi) is 3.96. The van der Waals surface area contributed by atoms with Gasteiger partial charge >= 0.3 is 0 Å². The second-order valence-corrected chi connectivity index (χ2v) is 4.17. The number of hydrogen-bond acceptors (Lipinski definition) is 5. The van der Waals surface area contributed by atoms with Gasteiger partial charge in [0.25, 0.3) is 0 Å². The molecule has 0 atom stereocenters. The molecular formula is C12H14N4O2S. The van der Waals surface area contributed by atoms with Crippen LogP contribution in [-0.2, 0) is 6.42 Å². The van der Waals surface area contributed by atoms with Crippen molar-refractivity contribution in [3.63, 3.8) is 0 Å². The fraction of sp³-hybridized carbons (Fsp3) is 0.250. The molecule has 0 aliphatic rings. The number of benzene rings is 1. The van der Waals surface area contributed by atoms with Crippen molar-refractivity contribution in [1.82, 2.24) is 14.9 Å². The van der Waals surface area contributed by atoms with Gasteiger partial charge in [-0.1, -0.05) is 6.92 Å². The van der Waals surface area contributed by atoms with Crippen molar-refractivity contribution in [3.8, 4) is 11.5 Å². The van der Waals surface area contributed by atoms with E-state index in [9.17, 15) is 5.11 Å². The number of ether oxygens (including phenoxy) is 1. The predicted octanol–water partition coefficient (Wildman–Crippen LogP) is 2.10. The maximum Gasteiger partial charge on any atom is 0.216 e. The third-order valence-corrected chi connectivity index (χ3v) is 2.82. The van der Waals surface area contributed by atoms with Crippen LogP contribution in [0.4, 0.5) is 0 Å². The number of aryl methyl sites for hydroxylation is 1. The van der Waals surface area contributed by atoms with Gasteiger partial charge in [0.1, 0.15) is 0 Å². The summed E-state index contributed by atoms with van der Waals surface area (Å²) < 4.78 is 7.04. The fourth-order valence-electron chi connectivity index (χ4n) is 1.57. The second kappa shape index (κ2) is 5.66. The summed E-state index contributed by atoms with van der Waals surface area (Å²) in [6, 6.07) is 4.97. The highest BCUT2D eigenvalue weighted by Gasteiger charge is 2.03. The Hall–Kier alpha value is -2.15. The molecule has 1 aromatic carbocycles. The number of aromatic hydroxyl groups is 1. The van der Waals surface area contributed by atoms with Gasteiger partial charge in [-0.2, -0.15) is 14.9 Å². The molecular weight excluding hydrogens is 264 g/mol. The molecule has 100 valence electrons. The number of aromatic nitrogens is 3. The van der Waals surface area contributed by atoms with E-state index in [1.165, 1.54) is 7.11 Å². The molecule has 0 aliphatic heterocycles. The minimum atomic E-state index is 0.0915. The van der Waals surface area contributed by atoms with Crippen LogP contribution in [0.3, 0.4) is 0 Å². The maximum atomic E-state index is 9.51. The molecule has 6 nitrogen and oxygen atoms in total. The first kappa shape index (κ1) is 13.3. The molecule has 0 saturated heterocycles. The monoisotopic (exact) mass is 278 g/mol. The third-order valence-electron chi connectivity index (χ3n) is 2.56. The van der Waals surface area contributed by atoms with Crippen molar-refractivity contribution in [2.45, 2.75) is 13.3 Å². The quantitative estimate of drug-likeness (QED) is 0.663. The largest absolute Gasteiger partial charge is 0.504 e. The molecule has 0 unspecified atom stereocenters. The van der Waals surface area contributed by atoms with Crippen LogP contribution in [0.1, 0.15) is 18.3 Å². The van der Waals surface area contributed by atoms with Crippen LogP contribution in [0.2, 0.25) is 0 Å².